The molecule has 0 radical (unpaired) electrons. The molecule has 236 valence electrons. The average Bonchev–Trinajstić information content (AvgIpc) is 3.62. The number of aliphatic hydroxyl groups excluding tert-OH is 1. The molecule has 1 aromatic heterocycles. The summed E-state index contributed by atoms with van der Waals surface area (Å²) in [6.45, 7) is 5.72. The Hall–Kier alpha value is -3.56. The van der Waals surface area contributed by atoms with Gasteiger partial charge in [0, 0.05) is 24.9 Å². The minimum absolute atomic E-state index is 0.0250. The molecule has 42 heavy (non-hydrogen) atoms. The molecule has 2 heterocycles. The van der Waals surface area contributed by atoms with Crippen molar-refractivity contribution in [2.24, 2.45) is 17.4 Å². The summed E-state index contributed by atoms with van der Waals surface area (Å²) in [5.74, 6) is -3.57. The number of hydrogen-bond acceptors (Lipinski definition) is 9. The van der Waals surface area contributed by atoms with Crippen molar-refractivity contribution in [2.75, 3.05) is 13.1 Å². The SMILES string of the molecule is CC(C)C[C@H](N)C(=O)N[C@@H](CCCCN)C(=O)N[C@@H](Cc1cnc[nH]1)C(=O)N1CCC[C@H]1C(=O)N[C@H](C(=O)O)[C@@H](C)O. The highest BCUT2D eigenvalue weighted by atomic mass is 16.4. The molecule has 0 spiro atoms. The maximum Gasteiger partial charge on any atom is 0.328 e. The van der Waals surface area contributed by atoms with Gasteiger partial charge in [0.05, 0.1) is 18.5 Å². The number of hydrogen-bond donors (Lipinski definition) is 8. The third kappa shape index (κ3) is 10.4. The third-order valence-electron chi connectivity index (χ3n) is 7.12. The molecule has 0 bridgehead atoms. The van der Waals surface area contributed by atoms with Gasteiger partial charge >= 0.3 is 5.97 Å². The molecule has 0 aliphatic carbocycles. The van der Waals surface area contributed by atoms with Gasteiger partial charge in [-0.2, -0.15) is 0 Å². The topological polar surface area (TPSA) is 246 Å². The first kappa shape index (κ1) is 34.6. The molecule has 1 saturated heterocycles. The number of nitrogens with zero attached hydrogens (tertiary/aromatic N) is 2. The van der Waals surface area contributed by atoms with E-state index in [9.17, 15) is 34.2 Å². The number of amides is 4. The second-order valence-corrected chi connectivity index (χ2v) is 11.2. The Morgan fingerprint density at radius 3 is 2.36 bits per heavy atom. The van der Waals surface area contributed by atoms with Crippen LogP contribution in [-0.2, 0) is 30.4 Å². The fraction of sp³-hybridized carbons (Fsp3) is 0.704. The Balaban J connectivity index is 2.26. The third-order valence-corrected chi connectivity index (χ3v) is 7.12. The summed E-state index contributed by atoms with van der Waals surface area (Å²) in [7, 11) is 0. The van der Waals surface area contributed by atoms with Gasteiger partial charge in [-0.1, -0.05) is 13.8 Å². The molecule has 0 unspecified atom stereocenters. The van der Waals surface area contributed by atoms with Crippen LogP contribution in [0.4, 0.5) is 0 Å². The van der Waals surface area contributed by atoms with E-state index in [4.69, 9.17) is 11.5 Å². The molecule has 1 aliphatic rings. The first-order valence-corrected chi connectivity index (χ1v) is 14.4. The van der Waals surface area contributed by atoms with Gasteiger partial charge in [-0.15, -0.1) is 0 Å². The molecular formula is C27H46N8O7. The Morgan fingerprint density at radius 1 is 1.10 bits per heavy atom. The Bertz CT molecular complexity index is 1050. The van der Waals surface area contributed by atoms with Gasteiger partial charge in [0.2, 0.25) is 23.6 Å². The van der Waals surface area contributed by atoms with Gasteiger partial charge in [-0.25, -0.2) is 9.78 Å². The van der Waals surface area contributed by atoms with E-state index in [0.29, 0.717) is 37.9 Å². The predicted molar refractivity (Wildman–Crippen MR) is 152 cm³/mol. The number of carboxylic acids is 1. The summed E-state index contributed by atoms with van der Waals surface area (Å²) in [5, 5.41) is 26.9. The number of likely N-dealkylation sites (tertiary alicyclic amines) is 1. The molecule has 6 atom stereocenters. The van der Waals surface area contributed by atoms with Crippen LogP contribution < -0.4 is 27.4 Å². The number of H-pyrrole nitrogens is 1. The predicted octanol–water partition coefficient (Wildman–Crippen LogP) is -1.63. The Labute approximate surface area is 245 Å². The van der Waals surface area contributed by atoms with Crippen LogP contribution in [0.25, 0.3) is 0 Å². The number of aliphatic carboxylic acids is 1. The largest absolute Gasteiger partial charge is 0.480 e. The molecule has 4 amide bonds. The van der Waals surface area contributed by atoms with E-state index in [1.54, 1.807) is 0 Å². The summed E-state index contributed by atoms with van der Waals surface area (Å²) in [5.41, 5.74) is 12.2. The van der Waals surface area contributed by atoms with Crippen molar-refractivity contribution in [2.45, 2.75) is 102 Å². The van der Waals surface area contributed by atoms with Gasteiger partial charge in [-0.3, -0.25) is 19.2 Å². The number of nitrogens with one attached hydrogen (secondary N) is 4. The molecule has 15 heteroatoms. The lowest BCUT2D eigenvalue weighted by atomic mass is 10.0. The Morgan fingerprint density at radius 2 is 1.79 bits per heavy atom. The summed E-state index contributed by atoms with van der Waals surface area (Å²) in [6.07, 6.45) is 4.25. The van der Waals surface area contributed by atoms with Gasteiger partial charge in [-0.05, 0) is 57.9 Å². The molecule has 1 aromatic rings. The highest BCUT2D eigenvalue weighted by Gasteiger charge is 2.40. The lowest BCUT2D eigenvalue weighted by Crippen LogP contribution is -2.59. The zero-order chi connectivity index (χ0) is 31.4. The minimum atomic E-state index is -1.55. The highest BCUT2D eigenvalue weighted by molar-refractivity contribution is 5.96. The number of carbonyl (C=O) groups excluding carboxylic acids is 4. The van der Waals surface area contributed by atoms with Crippen molar-refractivity contribution in [3.63, 3.8) is 0 Å². The maximum atomic E-state index is 13.8. The number of carbonyl (C=O) groups is 5. The molecule has 1 fully saturated rings. The number of aromatic amines is 1. The Kier molecular flexibility index (Phi) is 13.8. The lowest BCUT2D eigenvalue weighted by molar-refractivity contribution is -0.147. The van der Waals surface area contributed by atoms with Crippen LogP contribution in [0.5, 0.6) is 0 Å². The van der Waals surface area contributed by atoms with Crippen LogP contribution in [0.15, 0.2) is 12.5 Å². The molecule has 0 aromatic carbocycles. The smallest absolute Gasteiger partial charge is 0.328 e. The summed E-state index contributed by atoms with van der Waals surface area (Å²) >= 11 is 0. The molecule has 0 saturated carbocycles. The second-order valence-electron chi connectivity index (χ2n) is 11.2. The van der Waals surface area contributed by atoms with Crippen molar-refractivity contribution < 1.29 is 34.2 Å². The highest BCUT2D eigenvalue weighted by Crippen LogP contribution is 2.20. The van der Waals surface area contributed by atoms with Crippen molar-refractivity contribution in [1.29, 1.82) is 0 Å². The maximum absolute atomic E-state index is 13.8. The zero-order valence-electron chi connectivity index (χ0n) is 24.5. The minimum Gasteiger partial charge on any atom is -0.480 e. The van der Waals surface area contributed by atoms with E-state index in [-0.39, 0.29) is 31.7 Å². The quantitative estimate of drug-likeness (QED) is 0.0956. The van der Waals surface area contributed by atoms with Gasteiger partial charge in [0.25, 0.3) is 0 Å². The molecule has 15 nitrogen and oxygen atoms in total. The van der Waals surface area contributed by atoms with Crippen LogP contribution in [-0.4, -0.2) is 104 Å². The number of imidazole rings is 1. The first-order chi connectivity index (χ1) is 19.8. The van der Waals surface area contributed by atoms with Crippen molar-refractivity contribution in [3.05, 3.63) is 18.2 Å². The van der Waals surface area contributed by atoms with Crippen LogP contribution in [0.1, 0.15) is 65.0 Å². The van der Waals surface area contributed by atoms with E-state index in [2.05, 4.69) is 25.9 Å². The number of rotatable bonds is 17. The van der Waals surface area contributed by atoms with Crippen molar-refractivity contribution >= 4 is 29.6 Å². The fourth-order valence-electron chi connectivity index (χ4n) is 4.89. The number of unbranched alkanes of at least 4 members (excludes halogenated alkanes) is 1. The van der Waals surface area contributed by atoms with E-state index in [1.807, 2.05) is 13.8 Å². The summed E-state index contributed by atoms with van der Waals surface area (Å²) in [6, 6.07) is -5.45. The zero-order valence-corrected chi connectivity index (χ0v) is 24.5. The summed E-state index contributed by atoms with van der Waals surface area (Å²) < 4.78 is 0. The number of aromatic nitrogens is 2. The molecule has 2 rings (SSSR count). The van der Waals surface area contributed by atoms with E-state index >= 15 is 0 Å². The lowest BCUT2D eigenvalue weighted by Gasteiger charge is -2.30. The number of carboxylic acid groups (broad SMARTS) is 1. The van der Waals surface area contributed by atoms with E-state index in [1.165, 1.54) is 24.3 Å². The number of aliphatic hydroxyl groups is 1. The van der Waals surface area contributed by atoms with Gasteiger partial charge in [0.15, 0.2) is 6.04 Å². The molecule has 10 N–H and O–H groups in total. The molecule has 1 aliphatic heterocycles. The average molecular weight is 595 g/mol. The van der Waals surface area contributed by atoms with E-state index < -0.39 is 65.9 Å². The van der Waals surface area contributed by atoms with Crippen molar-refractivity contribution in [3.8, 4) is 0 Å². The van der Waals surface area contributed by atoms with Crippen LogP contribution >= 0.6 is 0 Å². The normalized spacial score (nSPS) is 18.5. The van der Waals surface area contributed by atoms with Crippen molar-refractivity contribution in [1.82, 2.24) is 30.8 Å². The van der Waals surface area contributed by atoms with E-state index in [0.717, 1.165) is 0 Å². The first-order valence-electron chi connectivity index (χ1n) is 14.4. The monoisotopic (exact) mass is 594 g/mol. The van der Waals surface area contributed by atoms with Crippen LogP contribution in [0, 0.1) is 5.92 Å². The number of nitrogens with two attached hydrogens (primary N) is 2. The standard InChI is InChI=1S/C27H46N8O7/c1-15(2)11-18(29)23(37)32-19(7-4-5-9-28)24(38)33-20(12-17-13-30-14-31-17)26(40)35-10-6-8-21(35)25(39)34-22(16(3)36)27(41)42/h13-16,18-22,36H,4-12,28-29H2,1-3H3,(H,30,31)(H,32,37)(H,33,38)(H,34,39)(H,41,42)/t16-,18+,19+,20+,21+,22+/m1/s1. The van der Waals surface area contributed by atoms with Crippen LogP contribution in [0.2, 0.25) is 0 Å². The fourth-order valence-corrected chi connectivity index (χ4v) is 4.89. The van der Waals surface area contributed by atoms with Gasteiger partial charge < -0.3 is 47.5 Å². The second kappa shape index (κ2) is 16.8. The van der Waals surface area contributed by atoms with Gasteiger partial charge in [0.1, 0.15) is 18.1 Å². The summed E-state index contributed by atoms with van der Waals surface area (Å²) in [4.78, 5) is 72.8. The molecular weight excluding hydrogens is 548 g/mol. The van der Waals surface area contributed by atoms with Crippen LogP contribution in [0.3, 0.4) is 0 Å².